The Morgan fingerprint density at radius 2 is 1.94 bits per heavy atom. The van der Waals surface area contributed by atoms with E-state index < -0.39 is 0 Å². The van der Waals surface area contributed by atoms with Crippen LogP contribution in [0.25, 0.3) is 0 Å². The van der Waals surface area contributed by atoms with Gasteiger partial charge in [-0.25, -0.2) is 0 Å². The molecular formula is C26H26N4O2. The van der Waals surface area contributed by atoms with Crippen molar-refractivity contribution in [2.45, 2.75) is 31.6 Å². The molecule has 2 aromatic carbocycles. The van der Waals surface area contributed by atoms with Crippen LogP contribution in [0.3, 0.4) is 0 Å². The Hall–Kier alpha value is -3.67. The SMILES string of the molecule is O=C(CCc1cccc(Oc2ccnc(C3=NCCN3)c2)c1)Nc1cccc(C2CC2)c1. The summed E-state index contributed by atoms with van der Waals surface area (Å²) in [4.78, 5) is 21.2. The van der Waals surface area contributed by atoms with Gasteiger partial charge in [0.15, 0.2) is 0 Å². The number of amides is 1. The predicted octanol–water partition coefficient (Wildman–Crippen LogP) is 4.67. The highest BCUT2D eigenvalue weighted by Gasteiger charge is 2.23. The highest BCUT2D eigenvalue weighted by molar-refractivity contribution is 5.98. The number of carbonyl (C=O) groups excluding carboxylic acids is 1. The number of benzene rings is 2. The van der Waals surface area contributed by atoms with E-state index in [0.717, 1.165) is 41.6 Å². The van der Waals surface area contributed by atoms with E-state index in [4.69, 9.17) is 4.74 Å². The molecule has 1 aliphatic heterocycles. The first-order valence-electron chi connectivity index (χ1n) is 11.1. The Kier molecular flexibility index (Phi) is 5.83. The summed E-state index contributed by atoms with van der Waals surface area (Å²) in [6.45, 7) is 1.60. The minimum absolute atomic E-state index is 0.0212. The Morgan fingerprint density at radius 3 is 2.78 bits per heavy atom. The Balaban J connectivity index is 1.18. The quantitative estimate of drug-likeness (QED) is 0.549. The first-order valence-corrected chi connectivity index (χ1v) is 11.1. The molecule has 6 nitrogen and oxygen atoms in total. The molecule has 1 aromatic heterocycles. The average Bonchev–Trinajstić information content (AvgIpc) is 3.52. The molecule has 2 aliphatic rings. The van der Waals surface area contributed by atoms with Gasteiger partial charge in [-0.1, -0.05) is 24.3 Å². The van der Waals surface area contributed by atoms with Gasteiger partial charge in [0, 0.05) is 30.9 Å². The maximum atomic E-state index is 12.5. The van der Waals surface area contributed by atoms with Gasteiger partial charge < -0.3 is 15.4 Å². The van der Waals surface area contributed by atoms with Crippen LogP contribution in [0.1, 0.15) is 42.0 Å². The zero-order chi connectivity index (χ0) is 21.8. The van der Waals surface area contributed by atoms with Crippen molar-refractivity contribution in [1.82, 2.24) is 10.3 Å². The number of aliphatic imine (C=N–C) groups is 1. The van der Waals surface area contributed by atoms with E-state index in [2.05, 4.69) is 32.7 Å². The minimum Gasteiger partial charge on any atom is -0.457 e. The summed E-state index contributed by atoms with van der Waals surface area (Å²) < 4.78 is 6.04. The molecule has 0 saturated heterocycles. The maximum absolute atomic E-state index is 12.5. The van der Waals surface area contributed by atoms with Gasteiger partial charge in [-0.3, -0.25) is 14.8 Å². The standard InChI is InChI=1S/C26H26N4O2/c31-25(30-21-5-2-4-20(16-21)19-8-9-19)10-7-18-3-1-6-22(15-18)32-23-11-12-27-24(17-23)26-28-13-14-29-26/h1-6,11-12,15-17,19H,7-10,13-14H2,(H,28,29)(H,30,31). The lowest BCUT2D eigenvalue weighted by molar-refractivity contribution is -0.116. The summed E-state index contributed by atoms with van der Waals surface area (Å²) in [6.07, 6.45) is 5.29. The van der Waals surface area contributed by atoms with Crippen molar-refractivity contribution in [2.24, 2.45) is 4.99 Å². The van der Waals surface area contributed by atoms with Gasteiger partial charge in [-0.2, -0.15) is 0 Å². The number of nitrogens with zero attached hydrogens (tertiary/aromatic N) is 2. The van der Waals surface area contributed by atoms with Crippen LogP contribution in [0.15, 0.2) is 71.9 Å². The third-order valence-corrected chi connectivity index (χ3v) is 5.64. The Bertz CT molecular complexity index is 1150. The first kappa shape index (κ1) is 20.2. The molecule has 0 atom stereocenters. The maximum Gasteiger partial charge on any atom is 0.224 e. The van der Waals surface area contributed by atoms with Crippen molar-refractivity contribution >= 4 is 17.4 Å². The summed E-state index contributed by atoms with van der Waals surface area (Å²) in [5, 5.41) is 6.25. The molecule has 3 aromatic rings. The number of rotatable bonds is 8. The number of aryl methyl sites for hydroxylation is 1. The molecule has 2 N–H and O–H groups in total. The van der Waals surface area contributed by atoms with Crippen molar-refractivity contribution in [2.75, 3.05) is 18.4 Å². The molecule has 5 rings (SSSR count). The third kappa shape index (κ3) is 5.14. The molecule has 6 heteroatoms. The van der Waals surface area contributed by atoms with E-state index in [9.17, 15) is 4.79 Å². The Labute approximate surface area is 187 Å². The molecule has 1 aliphatic carbocycles. The summed E-state index contributed by atoms with van der Waals surface area (Å²) in [7, 11) is 0. The van der Waals surface area contributed by atoms with E-state index >= 15 is 0 Å². The number of ether oxygens (including phenoxy) is 1. The van der Waals surface area contributed by atoms with Crippen molar-refractivity contribution < 1.29 is 9.53 Å². The second kappa shape index (κ2) is 9.22. The lowest BCUT2D eigenvalue weighted by Gasteiger charge is -2.10. The molecule has 1 saturated carbocycles. The summed E-state index contributed by atoms with van der Waals surface area (Å²) >= 11 is 0. The molecular weight excluding hydrogens is 400 g/mol. The largest absolute Gasteiger partial charge is 0.457 e. The van der Waals surface area contributed by atoms with Crippen LogP contribution in [0, 0.1) is 0 Å². The average molecular weight is 427 g/mol. The van der Waals surface area contributed by atoms with E-state index in [-0.39, 0.29) is 5.91 Å². The van der Waals surface area contributed by atoms with Crippen LogP contribution in [0.4, 0.5) is 5.69 Å². The Morgan fingerprint density at radius 1 is 1.06 bits per heavy atom. The lowest BCUT2D eigenvalue weighted by Crippen LogP contribution is -2.20. The second-order valence-electron chi connectivity index (χ2n) is 8.23. The van der Waals surface area contributed by atoms with Crippen LogP contribution in [0.5, 0.6) is 11.5 Å². The molecule has 0 radical (unpaired) electrons. The first-order chi connectivity index (χ1) is 15.7. The molecule has 1 fully saturated rings. The van der Waals surface area contributed by atoms with E-state index in [1.54, 1.807) is 6.20 Å². The monoisotopic (exact) mass is 426 g/mol. The van der Waals surface area contributed by atoms with Crippen molar-refractivity contribution in [3.8, 4) is 11.5 Å². The van der Waals surface area contributed by atoms with E-state index in [1.165, 1.54) is 18.4 Å². The van der Waals surface area contributed by atoms with Gasteiger partial charge in [0.2, 0.25) is 5.91 Å². The van der Waals surface area contributed by atoms with Crippen LogP contribution < -0.4 is 15.4 Å². The lowest BCUT2D eigenvalue weighted by atomic mass is 10.1. The number of hydrogen-bond acceptors (Lipinski definition) is 5. The fourth-order valence-electron chi connectivity index (χ4n) is 3.84. The van der Waals surface area contributed by atoms with E-state index in [1.807, 2.05) is 48.5 Å². The van der Waals surface area contributed by atoms with Crippen molar-refractivity contribution in [3.63, 3.8) is 0 Å². The number of amidine groups is 1. The number of anilines is 1. The second-order valence-corrected chi connectivity index (χ2v) is 8.23. The highest BCUT2D eigenvalue weighted by atomic mass is 16.5. The zero-order valence-corrected chi connectivity index (χ0v) is 17.9. The van der Waals surface area contributed by atoms with Crippen LogP contribution in [-0.2, 0) is 11.2 Å². The molecule has 0 unspecified atom stereocenters. The van der Waals surface area contributed by atoms with Crippen molar-refractivity contribution in [1.29, 1.82) is 0 Å². The molecule has 2 heterocycles. The molecule has 0 spiro atoms. The van der Waals surface area contributed by atoms with Crippen molar-refractivity contribution in [3.05, 3.63) is 83.7 Å². The van der Waals surface area contributed by atoms with Gasteiger partial charge >= 0.3 is 0 Å². The smallest absolute Gasteiger partial charge is 0.224 e. The van der Waals surface area contributed by atoms with Gasteiger partial charge in [-0.05, 0) is 66.6 Å². The zero-order valence-electron chi connectivity index (χ0n) is 17.9. The van der Waals surface area contributed by atoms with Crippen LogP contribution in [0.2, 0.25) is 0 Å². The topological polar surface area (TPSA) is 75.6 Å². The number of hydrogen-bond donors (Lipinski definition) is 2. The predicted molar refractivity (Wildman–Crippen MR) is 126 cm³/mol. The van der Waals surface area contributed by atoms with Crippen LogP contribution >= 0.6 is 0 Å². The van der Waals surface area contributed by atoms with Crippen LogP contribution in [-0.4, -0.2) is 29.8 Å². The molecule has 32 heavy (non-hydrogen) atoms. The van der Waals surface area contributed by atoms with Gasteiger partial charge in [0.25, 0.3) is 0 Å². The summed E-state index contributed by atoms with van der Waals surface area (Å²) in [6, 6.07) is 19.8. The summed E-state index contributed by atoms with van der Waals surface area (Å²) in [5.41, 5.74) is 4.04. The minimum atomic E-state index is 0.0212. The molecule has 1 amide bonds. The van der Waals surface area contributed by atoms with E-state index in [0.29, 0.717) is 24.5 Å². The van der Waals surface area contributed by atoms with Gasteiger partial charge in [0.1, 0.15) is 23.0 Å². The summed E-state index contributed by atoms with van der Waals surface area (Å²) in [5.74, 6) is 2.94. The number of carbonyl (C=O) groups is 1. The fraction of sp³-hybridized carbons (Fsp3) is 0.269. The third-order valence-electron chi connectivity index (χ3n) is 5.64. The highest BCUT2D eigenvalue weighted by Crippen LogP contribution is 2.40. The van der Waals surface area contributed by atoms with Gasteiger partial charge in [-0.15, -0.1) is 0 Å². The molecule has 162 valence electrons. The normalized spacial score (nSPS) is 15.1. The fourth-order valence-corrected chi connectivity index (χ4v) is 3.84. The number of nitrogens with one attached hydrogen (secondary N) is 2. The molecule has 0 bridgehead atoms. The number of pyridine rings is 1. The number of aromatic nitrogens is 1. The van der Waals surface area contributed by atoms with Gasteiger partial charge in [0.05, 0.1) is 6.54 Å².